The van der Waals surface area contributed by atoms with E-state index in [1.165, 1.54) is 19.1 Å². The largest absolute Gasteiger partial charge is 0.494 e. The van der Waals surface area contributed by atoms with Crippen molar-refractivity contribution in [3.63, 3.8) is 0 Å². The lowest BCUT2D eigenvalue weighted by molar-refractivity contribution is -0.130. The van der Waals surface area contributed by atoms with Gasteiger partial charge in [-0.05, 0) is 49.4 Å². The lowest BCUT2D eigenvalue weighted by Crippen LogP contribution is -2.50. The van der Waals surface area contributed by atoms with Crippen LogP contribution in [0.4, 0.5) is 5.69 Å². The number of ether oxygens (including phenoxy) is 1. The Morgan fingerprint density at radius 1 is 1.00 bits per heavy atom. The van der Waals surface area contributed by atoms with Gasteiger partial charge in [0, 0.05) is 44.4 Å². The molecule has 1 N–H and O–H groups in total. The average molecular weight is 432 g/mol. The van der Waals surface area contributed by atoms with Crippen molar-refractivity contribution in [2.75, 3.05) is 37.5 Å². The van der Waals surface area contributed by atoms with Crippen LogP contribution in [0.1, 0.15) is 24.2 Å². The maximum absolute atomic E-state index is 12.8. The van der Waals surface area contributed by atoms with Crippen LogP contribution in [0.2, 0.25) is 0 Å². The molecule has 0 unspecified atom stereocenters. The van der Waals surface area contributed by atoms with E-state index in [4.69, 9.17) is 4.74 Å². The van der Waals surface area contributed by atoms with E-state index in [0.29, 0.717) is 49.8 Å². The van der Waals surface area contributed by atoms with Gasteiger partial charge in [0.05, 0.1) is 11.5 Å². The van der Waals surface area contributed by atoms with Gasteiger partial charge in [-0.1, -0.05) is 6.07 Å². The van der Waals surface area contributed by atoms with Crippen LogP contribution in [0.5, 0.6) is 5.75 Å². The molecular weight excluding hydrogens is 406 g/mol. The van der Waals surface area contributed by atoms with Gasteiger partial charge < -0.3 is 14.5 Å². The summed E-state index contributed by atoms with van der Waals surface area (Å²) in [5.74, 6) is 0.379. The summed E-state index contributed by atoms with van der Waals surface area (Å²) in [5, 5.41) is 0. The van der Waals surface area contributed by atoms with Crippen LogP contribution in [-0.2, 0) is 14.8 Å². The lowest BCUT2D eigenvalue weighted by atomic mass is 10.2. The second-order valence-electron chi connectivity index (χ2n) is 6.89. The van der Waals surface area contributed by atoms with Gasteiger partial charge in [0.1, 0.15) is 5.75 Å². The molecule has 2 aromatic rings. The monoisotopic (exact) mass is 431 g/mol. The number of carbonyl (C=O) groups excluding carboxylic acids is 2. The first-order chi connectivity index (χ1) is 14.3. The molecule has 0 saturated carbocycles. The third-order valence-electron chi connectivity index (χ3n) is 4.82. The summed E-state index contributed by atoms with van der Waals surface area (Å²) in [6, 6.07) is 12.6. The predicted octanol–water partition coefficient (Wildman–Crippen LogP) is 2.19. The van der Waals surface area contributed by atoms with Crippen molar-refractivity contribution in [3.05, 3.63) is 54.1 Å². The number of nitrogens with zero attached hydrogens (tertiary/aromatic N) is 2. The minimum atomic E-state index is -3.86. The third-order valence-corrected chi connectivity index (χ3v) is 6.20. The van der Waals surface area contributed by atoms with Gasteiger partial charge in [0.25, 0.3) is 15.9 Å². The number of hydrogen-bond acceptors (Lipinski definition) is 5. The first-order valence-corrected chi connectivity index (χ1v) is 11.2. The second kappa shape index (κ2) is 9.17. The Hall–Kier alpha value is -3.07. The Kier molecular flexibility index (Phi) is 6.61. The number of rotatable bonds is 6. The maximum atomic E-state index is 12.8. The molecule has 1 fully saturated rings. The molecule has 30 heavy (non-hydrogen) atoms. The molecule has 3 rings (SSSR count). The Morgan fingerprint density at radius 3 is 2.23 bits per heavy atom. The fourth-order valence-corrected chi connectivity index (χ4v) is 4.31. The van der Waals surface area contributed by atoms with Gasteiger partial charge in [-0.2, -0.15) is 0 Å². The van der Waals surface area contributed by atoms with E-state index in [0.717, 1.165) is 0 Å². The average Bonchev–Trinajstić information content (AvgIpc) is 2.75. The quantitative estimate of drug-likeness (QED) is 0.756. The third kappa shape index (κ3) is 5.10. The standard InChI is InChI=1S/C21H25N3O5S/c1-3-29-19-9-7-18(8-10-19)22-30(27,28)20-6-4-5-17(15-20)21(26)24-13-11-23(12-14-24)16(2)25/h4-10,15,22H,3,11-14H2,1-2H3. The highest BCUT2D eigenvalue weighted by Gasteiger charge is 2.24. The van der Waals surface area contributed by atoms with E-state index in [9.17, 15) is 18.0 Å². The van der Waals surface area contributed by atoms with Crippen molar-refractivity contribution in [2.24, 2.45) is 0 Å². The molecule has 2 amide bonds. The Balaban J connectivity index is 1.72. The van der Waals surface area contributed by atoms with Gasteiger partial charge in [0.2, 0.25) is 5.91 Å². The Bertz CT molecular complexity index is 1010. The molecule has 9 heteroatoms. The highest BCUT2D eigenvalue weighted by molar-refractivity contribution is 7.92. The minimum Gasteiger partial charge on any atom is -0.494 e. The van der Waals surface area contributed by atoms with E-state index in [2.05, 4.69) is 4.72 Å². The number of nitrogens with one attached hydrogen (secondary N) is 1. The smallest absolute Gasteiger partial charge is 0.261 e. The molecule has 0 spiro atoms. The van der Waals surface area contributed by atoms with Crippen LogP contribution in [0.25, 0.3) is 0 Å². The highest BCUT2D eigenvalue weighted by Crippen LogP contribution is 2.21. The summed E-state index contributed by atoms with van der Waals surface area (Å²) < 4.78 is 33.4. The van der Waals surface area contributed by atoms with E-state index in [-0.39, 0.29) is 16.7 Å². The summed E-state index contributed by atoms with van der Waals surface area (Å²) in [4.78, 5) is 27.6. The number of sulfonamides is 1. The molecule has 1 aliphatic heterocycles. The zero-order valence-corrected chi connectivity index (χ0v) is 17.8. The fraction of sp³-hybridized carbons (Fsp3) is 0.333. The lowest BCUT2D eigenvalue weighted by Gasteiger charge is -2.34. The number of amides is 2. The van der Waals surface area contributed by atoms with Crippen LogP contribution < -0.4 is 9.46 Å². The zero-order valence-electron chi connectivity index (χ0n) is 17.0. The molecule has 8 nitrogen and oxygen atoms in total. The van der Waals surface area contributed by atoms with Crippen molar-refractivity contribution in [1.82, 2.24) is 9.80 Å². The van der Waals surface area contributed by atoms with Gasteiger partial charge in [-0.3, -0.25) is 14.3 Å². The molecule has 1 heterocycles. The van der Waals surface area contributed by atoms with Crippen LogP contribution in [0.15, 0.2) is 53.4 Å². The Morgan fingerprint density at radius 2 is 1.63 bits per heavy atom. The van der Waals surface area contributed by atoms with Gasteiger partial charge >= 0.3 is 0 Å². The normalized spacial score (nSPS) is 14.3. The van der Waals surface area contributed by atoms with Gasteiger partial charge in [-0.25, -0.2) is 8.42 Å². The predicted molar refractivity (Wildman–Crippen MR) is 113 cm³/mol. The first kappa shape index (κ1) is 21.6. The molecule has 2 aromatic carbocycles. The highest BCUT2D eigenvalue weighted by atomic mass is 32.2. The fourth-order valence-electron chi connectivity index (χ4n) is 3.20. The van der Waals surface area contributed by atoms with E-state index in [1.54, 1.807) is 46.2 Å². The van der Waals surface area contributed by atoms with Crippen molar-refractivity contribution in [3.8, 4) is 5.75 Å². The van der Waals surface area contributed by atoms with E-state index in [1.807, 2.05) is 6.92 Å². The van der Waals surface area contributed by atoms with Crippen molar-refractivity contribution < 1.29 is 22.7 Å². The van der Waals surface area contributed by atoms with Gasteiger partial charge in [-0.15, -0.1) is 0 Å². The molecule has 0 bridgehead atoms. The van der Waals surface area contributed by atoms with Crippen LogP contribution in [0.3, 0.4) is 0 Å². The molecule has 160 valence electrons. The SMILES string of the molecule is CCOc1ccc(NS(=O)(=O)c2cccc(C(=O)N3CCN(C(C)=O)CC3)c2)cc1. The number of benzene rings is 2. The van der Waals surface area contributed by atoms with E-state index >= 15 is 0 Å². The molecule has 0 radical (unpaired) electrons. The molecule has 0 atom stereocenters. The molecule has 1 aliphatic rings. The molecular formula is C21H25N3O5S. The Labute approximate surface area is 176 Å². The topological polar surface area (TPSA) is 96.0 Å². The summed E-state index contributed by atoms with van der Waals surface area (Å²) in [7, 11) is -3.86. The van der Waals surface area contributed by atoms with Gasteiger partial charge in [0.15, 0.2) is 0 Å². The van der Waals surface area contributed by atoms with Crippen LogP contribution in [0, 0.1) is 0 Å². The molecule has 0 aliphatic carbocycles. The van der Waals surface area contributed by atoms with Crippen molar-refractivity contribution >= 4 is 27.5 Å². The zero-order chi connectivity index (χ0) is 21.7. The molecule has 0 aromatic heterocycles. The number of piperazine rings is 1. The number of hydrogen-bond donors (Lipinski definition) is 1. The number of carbonyl (C=O) groups is 2. The maximum Gasteiger partial charge on any atom is 0.261 e. The van der Waals surface area contributed by atoms with Crippen molar-refractivity contribution in [1.29, 1.82) is 0 Å². The summed E-state index contributed by atoms with van der Waals surface area (Å²) in [6.07, 6.45) is 0. The van der Waals surface area contributed by atoms with Crippen LogP contribution >= 0.6 is 0 Å². The number of anilines is 1. The second-order valence-corrected chi connectivity index (χ2v) is 8.57. The summed E-state index contributed by atoms with van der Waals surface area (Å²) in [5.41, 5.74) is 0.691. The summed E-state index contributed by atoms with van der Waals surface area (Å²) in [6.45, 7) is 5.67. The summed E-state index contributed by atoms with van der Waals surface area (Å²) >= 11 is 0. The molecule has 1 saturated heterocycles. The van der Waals surface area contributed by atoms with E-state index < -0.39 is 10.0 Å². The minimum absolute atomic E-state index is 0.00427. The van der Waals surface area contributed by atoms with Crippen molar-refractivity contribution in [2.45, 2.75) is 18.7 Å². The van der Waals surface area contributed by atoms with Crippen LogP contribution in [-0.4, -0.2) is 62.8 Å². The first-order valence-electron chi connectivity index (χ1n) is 9.70.